The van der Waals surface area contributed by atoms with Crippen LogP contribution in [0.25, 0.3) is 11.4 Å². The summed E-state index contributed by atoms with van der Waals surface area (Å²) in [4.78, 5) is 23.7. The minimum absolute atomic E-state index is 0.0577. The molecule has 3 aromatic rings. The standard InChI is InChI=1S/C20H24N6O/c1-3-25-18(8-11-23-25)20(27)24-12-4-5-17(14-24)26-15(2)13-22-19(26)16-6-9-21-10-7-16/h6-11,13,17H,3-5,12,14H2,1-2H3. The molecule has 140 valence electrons. The second kappa shape index (κ2) is 7.34. The maximum atomic E-state index is 13.0. The van der Waals surface area contributed by atoms with Gasteiger partial charge in [-0.2, -0.15) is 5.10 Å². The predicted octanol–water partition coefficient (Wildman–Crippen LogP) is 2.95. The molecule has 4 heterocycles. The smallest absolute Gasteiger partial charge is 0.272 e. The van der Waals surface area contributed by atoms with Crippen LogP contribution in [-0.2, 0) is 6.54 Å². The molecule has 1 atom stereocenters. The summed E-state index contributed by atoms with van der Waals surface area (Å²) in [6.45, 7) is 6.23. The fourth-order valence-corrected chi connectivity index (χ4v) is 3.90. The number of nitrogens with zero attached hydrogens (tertiary/aromatic N) is 6. The first kappa shape index (κ1) is 17.5. The summed E-state index contributed by atoms with van der Waals surface area (Å²) in [5, 5.41) is 4.24. The van der Waals surface area contributed by atoms with Crippen LogP contribution in [0.15, 0.2) is 43.0 Å². The molecule has 1 amide bonds. The largest absolute Gasteiger partial charge is 0.335 e. The molecule has 7 heteroatoms. The Morgan fingerprint density at radius 1 is 1.22 bits per heavy atom. The number of amides is 1. The van der Waals surface area contributed by atoms with Crippen molar-refractivity contribution in [2.24, 2.45) is 0 Å². The summed E-state index contributed by atoms with van der Waals surface area (Å²) < 4.78 is 4.03. The Morgan fingerprint density at radius 3 is 2.81 bits per heavy atom. The molecule has 0 aromatic carbocycles. The molecule has 4 rings (SSSR count). The summed E-state index contributed by atoms with van der Waals surface area (Å²) in [5.74, 6) is 0.995. The minimum atomic E-state index is 0.0577. The molecule has 0 radical (unpaired) electrons. The minimum Gasteiger partial charge on any atom is -0.335 e. The lowest BCUT2D eigenvalue weighted by molar-refractivity contribution is 0.0666. The van der Waals surface area contributed by atoms with E-state index in [-0.39, 0.29) is 11.9 Å². The van der Waals surface area contributed by atoms with Gasteiger partial charge in [-0.15, -0.1) is 0 Å². The van der Waals surface area contributed by atoms with Crippen molar-refractivity contribution in [3.8, 4) is 11.4 Å². The zero-order chi connectivity index (χ0) is 18.8. The number of pyridine rings is 1. The highest BCUT2D eigenvalue weighted by atomic mass is 16.2. The zero-order valence-corrected chi connectivity index (χ0v) is 15.7. The number of imidazole rings is 1. The molecule has 0 aliphatic carbocycles. The topological polar surface area (TPSA) is 68.8 Å². The fourth-order valence-electron chi connectivity index (χ4n) is 3.90. The lowest BCUT2D eigenvalue weighted by Gasteiger charge is -2.34. The zero-order valence-electron chi connectivity index (χ0n) is 15.7. The van der Waals surface area contributed by atoms with Gasteiger partial charge in [-0.25, -0.2) is 4.98 Å². The van der Waals surface area contributed by atoms with Crippen LogP contribution in [0, 0.1) is 6.92 Å². The Hall–Kier alpha value is -2.96. The molecule has 1 fully saturated rings. The monoisotopic (exact) mass is 364 g/mol. The summed E-state index contributed by atoms with van der Waals surface area (Å²) in [6, 6.07) is 5.97. The summed E-state index contributed by atoms with van der Waals surface area (Å²) in [6.07, 6.45) is 9.18. The average Bonchev–Trinajstić information content (AvgIpc) is 3.34. The highest BCUT2D eigenvalue weighted by Crippen LogP contribution is 2.29. The quantitative estimate of drug-likeness (QED) is 0.714. The third-order valence-corrected chi connectivity index (χ3v) is 5.20. The molecule has 0 saturated carbocycles. The second-order valence-electron chi connectivity index (χ2n) is 6.91. The molecular formula is C20H24N6O. The summed E-state index contributed by atoms with van der Waals surface area (Å²) in [5.41, 5.74) is 2.82. The molecule has 0 N–H and O–H groups in total. The Morgan fingerprint density at radius 2 is 2.04 bits per heavy atom. The van der Waals surface area contributed by atoms with E-state index in [2.05, 4.69) is 26.6 Å². The first-order chi connectivity index (χ1) is 13.2. The van der Waals surface area contributed by atoms with E-state index in [4.69, 9.17) is 0 Å². The van der Waals surface area contributed by atoms with E-state index < -0.39 is 0 Å². The van der Waals surface area contributed by atoms with Crippen LogP contribution in [0.1, 0.15) is 42.0 Å². The summed E-state index contributed by atoms with van der Waals surface area (Å²) in [7, 11) is 0. The molecule has 1 aliphatic heterocycles. The van der Waals surface area contributed by atoms with E-state index >= 15 is 0 Å². The first-order valence-corrected chi connectivity index (χ1v) is 9.44. The maximum Gasteiger partial charge on any atom is 0.272 e. The van der Waals surface area contributed by atoms with Gasteiger partial charge in [0, 0.05) is 55.7 Å². The number of piperidine rings is 1. The van der Waals surface area contributed by atoms with E-state index in [9.17, 15) is 4.79 Å². The van der Waals surface area contributed by atoms with Crippen LogP contribution in [0.2, 0.25) is 0 Å². The average molecular weight is 364 g/mol. The molecule has 0 bridgehead atoms. The molecule has 1 aliphatic rings. The van der Waals surface area contributed by atoms with Gasteiger partial charge in [0.25, 0.3) is 5.91 Å². The third kappa shape index (κ3) is 3.25. The molecule has 27 heavy (non-hydrogen) atoms. The van der Waals surface area contributed by atoms with Crippen molar-refractivity contribution in [2.75, 3.05) is 13.1 Å². The Kier molecular flexibility index (Phi) is 4.75. The normalized spacial score (nSPS) is 17.3. The van der Waals surface area contributed by atoms with Crippen molar-refractivity contribution in [3.05, 3.63) is 54.4 Å². The van der Waals surface area contributed by atoms with Gasteiger partial charge >= 0.3 is 0 Å². The molecule has 0 spiro atoms. The van der Waals surface area contributed by atoms with E-state index in [0.29, 0.717) is 18.8 Å². The van der Waals surface area contributed by atoms with Gasteiger partial charge in [-0.05, 0) is 44.9 Å². The SMILES string of the molecule is CCn1nccc1C(=O)N1CCCC(n2c(C)cnc2-c2ccncc2)C1. The van der Waals surface area contributed by atoms with Gasteiger partial charge in [0.05, 0.1) is 6.04 Å². The number of rotatable bonds is 4. The van der Waals surface area contributed by atoms with Crippen LogP contribution in [0.5, 0.6) is 0 Å². The van der Waals surface area contributed by atoms with Gasteiger partial charge in [0.1, 0.15) is 11.5 Å². The third-order valence-electron chi connectivity index (χ3n) is 5.20. The number of aromatic nitrogens is 5. The van der Waals surface area contributed by atoms with Crippen LogP contribution in [0.4, 0.5) is 0 Å². The highest BCUT2D eigenvalue weighted by molar-refractivity contribution is 5.92. The van der Waals surface area contributed by atoms with E-state index in [1.807, 2.05) is 30.2 Å². The first-order valence-electron chi connectivity index (χ1n) is 9.44. The Bertz CT molecular complexity index is 929. The number of likely N-dealkylation sites (tertiary alicyclic amines) is 1. The molecule has 3 aromatic heterocycles. The molecule has 1 saturated heterocycles. The van der Waals surface area contributed by atoms with E-state index in [0.717, 1.165) is 36.5 Å². The number of hydrogen-bond donors (Lipinski definition) is 0. The predicted molar refractivity (Wildman–Crippen MR) is 102 cm³/mol. The van der Waals surface area contributed by atoms with Gasteiger partial charge in [-0.3, -0.25) is 14.5 Å². The van der Waals surface area contributed by atoms with Gasteiger partial charge in [-0.1, -0.05) is 0 Å². The van der Waals surface area contributed by atoms with E-state index in [1.165, 1.54) is 0 Å². The van der Waals surface area contributed by atoms with Crippen molar-refractivity contribution in [3.63, 3.8) is 0 Å². The highest BCUT2D eigenvalue weighted by Gasteiger charge is 2.29. The van der Waals surface area contributed by atoms with Crippen molar-refractivity contribution >= 4 is 5.91 Å². The number of hydrogen-bond acceptors (Lipinski definition) is 4. The van der Waals surface area contributed by atoms with Gasteiger partial charge in [0.2, 0.25) is 0 Å². The molecular weight excluding hydrogens is 340 g/mol. The lowest BCUT2D eigenvalue weighted by atomic mass is 10.0. The van der Waals surface area contributed by atoms with Crippen molar-refractivity contribution in [1.29, 1.82) is 0 Å². The van der Waals surface area contributed by atoms with Crippen LogP contribution >= 0.6 is 0 Å². The van der Waals surface area contributed by atoms with Crippen molar-refractivity contribution in [2.45, 2.75) is 39.3 Å². The molecule has 1 unspecified atom stereocenters. The number of aryl methyl sites for hydroxylation is 2. The van der Waals surface area contributed by atoms with Gasteiger partial charge < -0.3 is 9.47 Å². The fraction of sp³-hybridized carbons (Fsp3) is 0.400. The Labute approximate surface area is 158 Å². The van der Waals surface area contributed by atoms with Crippen molar-refractivity contribution in [1.82, 2.24) is 29.2 Å². The van der Waals surface area contributed by atoms with Crippen LogP contribution in [0.3, 0.4) is 0 Å². The molecule has 7 nitrogen and oxygen atoms in total. The number of carbonyl (C=O) groups is 1. The van der Waals surface area contributed by atoms with E-state index in [1.54, 1.807) is 29.3 Å². The van der Waals surface area contributed by atoms with Crippen LogP contribution < -0.4 is 0 Å². The Balaban J connectivity index is 1.61. The number of carbonyl (C=O) groups excluding carboxylic acids is 1. The van der Waals surface area contributed by atoms with Crippen LogP contribution in [-0.4, -0.2) is 48.2 Å². The summed E-state index contributed by atoms with van der Waals surface area (Å²) >= 11 is 0. The second-order valence-corrected chi connectivity index (χ2v) is 6.91. The van der Waals surface area contributed by atoms with Crippen molar-refractivity contribution < 1.29 is 4.79 Å². The van der Waals surface area contributed by atoms with Gasteiger partial charge in [0.15, 0.2) is 0 Å². The maximum absolute atomic E-state index is 13.0. The lowest BCUT2D eigenvalue weighted by Crippen LogP contribution is -2.41.